The molecule has 0 aromatic rings. The molecule has 15 heavy (non-hydrogen) atoms. The summed E-state index contributed by atoms with van der Waals surface area (Å²) >= 11 is 0. The SMILES string of the molecule is CN=C(N=C(C)C(C)C)N(C)S(C)(=O)=O. The minimum absolute atomic E-state index is 0.212. The average molecular weight is 233 g/mol. The Morgan fingerprint density at radius 2 is 1.80 bits per heavy atom. The Morgan fingerprint density at radius 3 is 2.07 bits per heavy atom. The molecular weight excluding hydrogens is 214 g/mol. The van der Waals surface area contributed by atoms with Crippen molar-refractivity contribution in [2.24, 2.45) is 15.9 Å². The molecule has 0 amide bonds. The van der Waals surface area contributed by atoms with E-state index < -0.39 is 10.0 Å². The van der Waals surface area contributed by atoms with Gasteiger partial charge in [0.25, 0.3) is 0 Å². The minimum Gasteiger partial charge on any atom is -0.254 e. The Kier molecular flexibility index (Phi) is 4.93. The van der Waals surface area contributed by atoms with Crippen molar-refractivity contribution in [1.29, 1.82) is 0 Å². The minimum atomic E-state index is -3.29. The summed E-state index contributed by atoms with van der Waals surface area (Å²) in [6, 6.07) is 0. The first-order valence-corrected chi connectivity index (χ1v) is 6.50. The van der Waals surface area contributed by atoms with Gasteiger partial charge in [0.2, 0.25) is 16.0 Å². The van der Waals surface area contributed by atoms with Crippen molar-refractivity contribution in [1.82, 2.24) is 4.31 Å². The van der Waals surface area contributed by atoms with Gasteiger partial charge in [0.15, 0.2) is 0 Å². The molecule has 0 N–H and O–H groups in total. The topological polar surface area (TPSA) is 62.1 Å². The van der Waals surface area contributed by atoms with Gasteiger partial charge in [-0.1, -0.05) is 13.8 Å². The normalized spacial score (nSPS) is 14.6. The first-order valence-electron chi connectivity index (χ1n) is 4.66. The first-order chi connectivity index (χ1) is 6.70. The van der Waals surface area contributed by atoms with Gasteiger partial charge in [-0.3, -0.25) is 4.99 Å². The van der Waals surface area contributed by atoms with Crippen LogP contribution >= 0.6 is 0 Å². The molecule has 0 aromatic carbocycles. The summed E-state index contributed by atoms with van der Waals surface area (Å²) in [6.45, 7) is 5.84. The number of aliphatic imine (C=N–C) groups is 2. The molecule has 0 atom stereocenters. The van der Waals surface area contributed by atoms with Crippen LogP contribution in [-0.4, -0.2) is 44.7 Å². The molecule has 0 radical (unpaired) electrons. The molecule has 0 aliphatic heterocycles. The monoisotopic (exact) mass is 233 g/mol. The quantitative estimate of drug-likeness (QED) is 0.527. The fourth-order valence-electron chi connectivity index (χ4n) is 0.696. The van der Waals surface area contributed by atoms with Crippen LogP contribution in [0.2, 0.25) is 0 Å². The predicted molar refractivity (Wildman–Crippen MR) is 63.9 cm³/mol. The van der Waals surface area contributed by atoms with Crippen LogP contribution in [-0.2, 0) is 10.0 Å². The van der Waals surface area contributed by atoms with Crippen molar-refractivity contribution in [3.8, 4) is 0 Å². The summed E-state index contributed by atoms with van der Waals surface area (Å²) in [7, 11) is -0.329. The van der Waals surface area contributed by atoms with Crippen molar-refractivity contribution < 1.29 is 8.42 Å². The molecule has 0 aromatic heterocycles. The summed E-state index contributed by atoms with van der Waals surface area (Å²) in [6.07, 6.45) is 1.12. The third kappa shape index (κ3) is 4.42. The lowest BCUT2D eigenvalue weighted by Gasteiger charge is -2.16. The van der Waals surface area contributed by atoms with E-state index in [1.165, 1.54) is 14.1 Å². The number of rotatable bonds is 2. The summed E-state index contributed by atoms with van der Waals surface area (Å²) < 4.78 is 23.6. The molecule has 0 spiro atoms. The van der Waals surface area contributed by atoms with Crippen LogP contribution in [0.25, 0.3) is 0 Å². The van der Waals surface area contributed by atoms with Crippen LogP contribution in [0.5, 0.6) is 0 Å². The molecule has 6 heteroatoms. The fourth-order valence-corrected chi connectivity index (χ4v) is 1.12. The van der Waals surface area contributed by atoms with Crippen LogP contribution in [0.1, 0.15) is 20.8 Å². The molecule has 0 bridgehead atoms. The third-order valence-corrected chi connectivity index (χ3v) is 3.25. The molecule has 5 nitrogen and oxygen atoms in total. The van der Waals surface area contributed by atoms with Crippen LogP contribution in [0.3, 0.4) is 0 Å². The average Bonchev–Trinajstić information content (AvgIpc) is 2.10. The second-order valence-corrected chi connectivity index (χ2v) is 5.68. The van der Waals surface area contributed by atoms with Gasteiger partial charge < -0.3 is 0 Å². The highest BCUT2D eigenvalue weighted by Gasteiger charge is 2.15. The van der Waals surface area contributed by atoms with E-state index in [-0.39, 0.29) is 11.9 Å². The molecule has 0 heterocycles. The van der Waals surface area contributed by atoms with Crippen molar-refractivity contribution in [2.45, 2.75) is 20.8 Å². The standard InChI is InChI=1S/C9H19N3O2S/c1-7(2)8(3)11-9(10-4)12(5)15(6,13)14/h7H,1-6H3. The highest BCUT2D eigenvalue weighted by Crippen LogP contribution is 2.02. The number of guanidine groups is 1. The summed E-state index contributed by atoms with van der Waals surface area (Å²) in [5, 5.41) is 0. The maximum atomic E-state index is 11.3. The molecule has 0 aliphatic carbocycles. The maximum Gasteiger partial charge on any atom is 0.234 e. The number of hydrogen-bond acceptors (Lipinski definition) is 3. The lowest BCUT2D eigenvalue weighted by molar-refractivity contribution is 0.557. The first kappa shape index (κ1) is 14.1. The van der Waals surface area contributed by atoms with Gasteiger partial charge in [0.05, 0.1) is 6.26 Å². The van der Waals surface area contributed by atoms with E-state index in [0.29, 0.717) is 0 Å². The fraction of sp³-hybridized carbons (Fsp3) is 0.778. The molecular formula is C9H19N3O2S. The molecule has 0 unspecified atom stereocenters. The van der Waals surface area contributed by atoms with Gasteiger partial charge in [-0.25, -0.2) is 17.7 Å². The number of hydrogen-bond donors (Lipinski definition) is 0. The van der Waals surface area contributed by atoms with E-state index in [9.17, 15) is 8.42 Å². The third-order valence-electron chi connectivity index (χ3n) is 2.09. The van der Waals surface area contributed by atoms with E-state index >= 15 is 0 Å². The maximum absolute atomic E-state index is 11.3. The Hall–Kier alpha value is -0.910. The molecule has 0 rings (SSSR count). The Morgan fingerprint density at radius 1 is 1.33 bits per heavy atom. The lowest BCUT2D eigenvalue weighted by atomic mass is 10.1. The molecule has 88 valence electrons. The van der Waals surface area contributed by atoms with Gasteiger partial charge in [-0.2, -0.15) is 0 Å². The molecule has 0 saturated carbocycles. The largest absolute Gasteiger partial charge is 0.254 e. The van der Waals surface area contributed by atoms with E-state index in [1.807, 2.05) is 20.8 Å². The van der Waals surface area contributed by atoms with Crippen LogP contribution in [0.4, 0.5) is 0 Å². The molecule has 0 aliphatic rings. The van der Waals surface area contributed by atoms with E-state index in [2.05, 4.69) is 9.98 Å². The number of nitrogens with zero attached hydrogens (tertiary/aromatic N) is 3. The van der Waals surface area contributed by atoms with Gasteiger partial charge in [0.1, 0.15) is 0 Å². The van der Waals surface area contributed by atoms with Gasteiger partial charge >= 0.3 is 0 Å². The van der Waals surface area contributed by atoms with E-state index in [4.69, 9.17) is 0 Å². The van der Waals surface area contributed by atoms with E-state index in [1.54, 1.807) is 0 Å². The summed E-state index contributed by atoms with van der Waals surface area (Å²) in [5.41, 5.74) is 0.853. The summed E-state index contributed by atoms with van der Waals surface area (Å²) in [5.74, 6) is 0.485. The second-order valence-electron chi connectivity index (χ2n) is 3.66. The second kappa shape index (κ2) is 5.25. The number of sulfonamides is 1. The zero-order valence-corrected chi connectivity index (χ0v) is 11.0. The zero-order valence-electron chi connectivity index (χ0n) is 10.1. The van der Waals surface area contributed by atoms with Crippen molar-refractivity contribution >= 4 is 21.7 Å². The van der Waals surface area contributed by atoms with E-state index in [0.717, 1.165) is 16.3 Å². The van der Waals surface area contributed by atoms with Crippen molar-refractivity contribution in [3.63, 3.8) is 0 Å². The Bertz CT molecular complexity index is 369. The highest BCUT2D eigenvalue weighted by atomic mass is 32.2. The zero-order chi connectivity index (χ0) is 12.2. The van der Waals surface area contributed by atoms with Crippen molar-refractivity contribution in [3.05, 3.63) is 0 Å². The Labute approximate surface area is 92.0 Å². The van der Waals surface area contributed by atoms with Gasteiger partial charge in [0, 0.05) is 19.8 Å². The molecule has 0 fully saturated rings. The smallest absolute Gasteiger partial charge is 0.234 e. The summed E-state index contributed by atoms with van der Waals surface area (Å²) in [4.78, 5) is 8.03. The lowest BCUT2D eigenvalue weighted by Crippen LogP contribution is -2.32. The Balaban J connectivity index is 5.07. The van der Waals surface area contributed by atoms with Crippen molar-refractivity contribution in [2.75, 3.05) is 20.4 Å². The van der Waals surface area contributed by atoms with Crippen LogP contribution in [0.15, 0.2) is 9.98 Å². The van der Waals surface area contributed by atoms with Gasteiger partial charge in [-0.05, 0) is 12.8 Å². The highest BCUT2D eigenvalue weighted by molar-refractivity contribution is 7.88. The molecule has 0 saturated heterocycles. The van der Waals surface area contributed by atoms with Crippen LogP contribution in [0, 0.1) is 5.92 Å². The van der Waals surface area contributed by atoms with Crippen LogP contribution < -0.4 is 0 Å². The van der Waals surface area contributed by atoms with Gasteiger partial charge in [-0.15, -0.1) is 0 Å². The predicted octanol–water partition coefficient (Wildman–Crippen LogP) is 0.981.